The van der Waals surface area contributed by atoms with Crippen LogP contribution in [0.5, 0.6) is 0 Å². The van der Waals surface area contributed by atoms with Gasteiger partial charge in [-0.25, -0.2) is 0 Å². The third-order valence-electron chi connectivity index (χ3n) is 3.31. The van der Waals surface area contributed by atoms with Gasteiger partial charge in [-0.15, -0.1) is 11.8 Å². The van der Waals surface area contributed by atoms with Gasteiger partial charge in [-0.1, -0.05) is 30.7 Å². The molecule has 108 valence electrons. The van der Waals surface area contributed by atoms with Crippen molar-refractivity contribution >= 4 is 23.4 Å². The Labute approximate surface area is 129 Å². The number of rotatable bonds is 5. The van der Waals surface area contributed by atoms with Gasteiger partial charge in [-0.3, -0.25) is 4.68 Å². The van der Waals surface area contributed by atoms with E-state index in [1.165, 1.54) is 4.90 Å². The third kappa shape index (κ3) is 3.37. The molecule has 0 aliphatic rings. The molecule has 2 N–H and O–H groups in total. The number of benzene rings is 1. The second-order valence-corrected chi connectivity index (χ2v) is 6.49. The van der Waals surface area contributed by atoms with Crippen LogP contribution in [0.3, 0.4) is 0 Å². The van der Waals surface area contributed by atoms with Crippen LogP contribution < -0.4 is 5.73 Å². The molecule has 0 saturated carbocycles. The van der Waals surface area contributed by atoms with Crippen LogP contribution >= 0.6 is 23.4 Å². The first kappa shape index (κ1) is 15.4. The monoisotopic (exact) mass is 309 g/mol. The second kappa shape index (κ2) is 6.66. The van der Waals surface area contributed by atoms with Gasteiger partial charge in [0.2, 0.25) is 0 Å². The maximum absolute atomic E-state index is 6.30. The molecule has 20 heavy (non-hydrogen) atoms. The van der Waals surface area contributed by atoms with Crippen LogP contribution in [0, 0.1) is 6.92 Å². The number of thioether (sulfide) groups is 1. The zero-order chi connectivity index (χ0) is 14.7. The SMILES string of the molecule is CCSc1ccc(C(N)Cc2c(C)nn(C)c2Cl)cc1. The van der Waals surface area contributed by atoms with E-state index in [2.05, 4.69) is 36.3 Å². The van der Waals surface area contributed by atoms with Crippen molar-refractivity contribution in [3.05, 3.63) is 46.2 Å². The zero-order valence-corrected chi connectivity index (χ0v) is 13.6. The lowest BCUT2D eigenvalue weighted by molar-refractivity contribution is 0.717. The maximum atomic E-state index is 6.30. The summed E-state index contributed by atoms with van der Waals surface area (Å²) in [4.78, 5) is 1.28. The minimum absolute atomic E-state index is 0.0592. The Hall–Kier alpha value is -0.970. The van der Waals surface area contributed by atoms with Crippen LogP contribution in [-0.2, 0) is 13.5 Å². The molecule has 0 saturated heterocycles. The molecule has 0 spiro atoms. The van der Waals surface area contributed by atoms with E-state index < -0.39 is 0 Å². The van der Waals surface area contributed by atoms with E-state index in [4.69, 9.17) is 17.3 Å². The summed E-state index contributed by atoms with van der Waals surface area (Å²) in [7, 11) is 1.85. The summed E-state index contributed by atoms with van der Waals surface area (Å²) >= 11 is 8.09. The topological polar surface area (TPSA) is 43.8 Å². The van der Waals surface area contributed by atoms with Gasteiger partial charge in [-0.05, 0) is 36.8 Å². The molecule has 5 heteroatoms. The van der Waals surface area contributed by atoms with Crippen LogP contribution in [0.1, 0.15) is 29.8 Å². The molecule has 1 aromatic carbocycles. The van der Waals surface area contributed by atoms with E-state index in [1.54, 1.807) is 4.68 Å². The summed E-state index contributed by atoms with van der Waals surface area (Å²) in [6.45, 7) is 4.12. The standard InChI is InChI=1S/C15H20ClN3S/c1-4-20-12-7-5-11(6-8-12)14(17)9-13-10(2)18-19(3)15(13)16/h5-8,14H,4,9,17H2,1-3H3. The summed E-state index contributed by atoms with van der Waals surface area (Å²) in [5.41, 5.74) is 9.41. The zero-order valence-electron chi connectivity index (χ0n) is 12.1. The first-order chi connectivity index (χ1) is 9.52. The molecule has 2 aromatic rings. The molecule has 0 radical (unpaired) electrons. The Kier molecular flexibility index (Phi) is 5.13. The average Bonchev–Trinajstić information content (AvgIpc) is 2.66. The normalized spacial score (nSPS) is 12.7. The highest BCUT2D eigenvalue weighted by Gasteiger charge is 2.15. The van der Waals surface area contributed by atoms with Gasteiger partial charge in [0.25, 0.3) is 0 Å². The van der Waals surface area contributed by atoms with Crippen LogP contribution in [0.15, 0.2) is 29.2 Å². The molecule has 1 aromatic heterocycles. The highest BCUT2D eigenvalue weighted by atomic mass is 35.5. The molecule has 1 atom stereocenters. The molecule has 0 bridgehead atoms. The van der Waals surface area contributed by atoms with Gasteiger partial charge < -0.3 is 5.73 Å². The minimum Gasteiger partial charge on any atom is -0.324 e. The van der Waals surface area contributed by atoms with Gasteiger partial charge >= 0.3 is 0 Å². The van der Waals surface area contributed by atoms with Crippen molar-refractivity contribution in [3.63, 3.8) is 0 Å². The fraction of sp³-hybridized carbons (Fsp3) is 0.400. The van der Waals surface area contributed by atoms with Crippen LogP contribution in [0.2, 0.25) is 5.15 Å². The summed E-state index contributed by atoms with van der Waals surface area (Å²) in [6.07, 6.45) is 0.707. The van der Waals surface area contributed by atoms with E-state index in [1.807, 2.05) is 25.7 Å². The van der Waals surface area contributed by atoms with Crippen molar-refractivity contribution in [1.82, 2.24) is 9.78 Å². The molecule has 0 aliphatic heterocycles. The van der Waals surface area contributed by atoms with Crippen LogP contribution in [0.4, 0.5) is 0 Å². The molecule has 0 amide bonds. The molecule has 0 fully saturated rings. The quantitative estimate of drug-likeness (QED) is 0.856. The van der Waals surface area contributed by atoms with Gasteiger partial charge in [0.05, 0.1) is 5.69 Å². The Morgan fingerprint density at radius 3 is 2.50 bits per heavy atom. The van der Waals surface area contributed by atoms with Crippen LogP contribution in [0.25, 0.3) is 0 Å². The van der Waals surface area contributed by atoms with Gasteiger partial charge in [0.15, 0.2) is 0 Å². The molecule has 2 rings (SSSR count). The summed E-state index contributed by atoms with van der Waals surface area (Å²) < 4.78 is 1.69. The number of hydrogen-bond acceptors (Lipinski definition) is 3. The van der Waals surface area contributed by atoms with Crippen molar-refractivity contribution in [3.8, 4) is 0 Å². The highest BCUT2D eigenvalue weighted by Crippen LogP contribution is 2.26. The molecule has 0 aliphatic carbocycles. The van der Waals surface area contributed by atoms with E-state index in [0.29, 0.717) is 11.6 Å². The summed E-state index contributed by atoms with van der Waals surface area (Å²) in [5, 5.41) is 5.00. The lowest BCUT2D eigenvalue weighted by atomic mass is 10.0. The van der Waals surface area contributed by atoms with E-state index in [0.717, 1.165) is 22.6 Å². The third-order valence-corrected chi connectivity index (χ3v) is 4.68. The van der Waals surface area contributed by atoms with E-state index in [9.17, 15) is 0 Å². The lowest BCUT2D eigenvalue weighted by Gasteiger charge is -2.12. The lowest BCUT2D eigenvalue weighted by Crippen LogP contribution is -2.13. The fourth-order valence-electron chi connectivity index (χ4n) is 2.22. The van der Waals surface area contributed by atoms with Crippen LogP contribution in [-0.4, -0.2) is 15.5 Å². The average molecular weight is 310 g/mol. The summed E-state index contributed by atoms with van der Waals surface area (Å²) in [5.74, 6) is 1.08. The first-order valence-corrected chi connectivity index (χ1v) is 8.05. The van der Waals surface area contributed by atoms with Crippen molar-refractivity contribution in [2.24, 2.45) is 12.8 Å². The number of halogens is 1. The predicted octanol–water partition coefficient (Wildman–Crippen LogP) is 3.74. The summed E-state index contributed by atoms with van der Waals surface area (Å²) in [6, 6.07) is 8.39. The Morgan fingerprint density at radius 1 is 1.35 bits per heavy atom. The van der Waals surface area contributed by atoms with Gasteiger partial charge in [0, 0.05) is 23.5 Å². The molecular formula is C15H20ClN3S. The number of aryl methyl sites for hydroxylation is 2. The van der Waals surface area contributed by atoms with Gasteiger partial charge in [-0.2, -0.15) is 5.10 Å². The first-order valence-electron chi connectivity index (χ1n) is 6.69. The Bertz CT molecular complexity index is 578. The highest BCUT2D eigenvalue weighted by molar-refractivity contribution is 7.99. The predicted molar refractivity (Wildman–Crippen MR) is 86.4 cm³/mol. The second-order valence-electron chi connectivity index (χ2n) is 4.79. The number of nitrogens with two attached hydrogens (primary N) is 1. The minimum atomic E-state index is -0.0592. The van der Waals surface area contributed by atoms with Crippen molar-refractivity contribution in [2.45, 2.75) is 31.2 Å². The van der Waals surface area contributed by atoms with Crippen molar-refractivity contribution in [1.29, 1.82) is 0 Å². The molecule has 1 unspecified atom stereocenters. The molecular weight excluding hydrogens is 290 g/mol. The van der Waals surface area contributed by atoms with Crippen molar-refractivity contribution in [2.75, 3.05) is 5.75 Å². The molecule has 1 heterocycles. The fourth-order valence-corrected chi connectivity index (χ4v) is 3.14. The number of nitrogens with zero attached hydrogens (tertiary/aromatic N) is 2. The van der Waals surface area contributed by atoms with Gasteiger partial charge in [0.1, 0.15) is 5.15 Å². The van der Waals surface area contributed by atoms with E-state index >= 15 is 0 Å². The maximum Gasteiger partial charge on any atom is 0.130 e. The number of aromatic nitrogens is 2. The van der Waals surface area contributed by atoms with Crippen molar-refractivity contribution < 1.29 is 0 Å². The Morgan fingerprint density at radius 2 is 2.00 bits per heavy atom. The molecule has 3 nitrogen and oxygen atoms in total. The Balaban J connectivity index is 2.13. The smallest absolute Gasteiger partial charge is 0.130 e. The largest absolute Gasteiger partial charge is 0.324 e. The van der Waals surface area contributed by atoms with E-state index in [-0.39, 0.29) is 6.04 Å². The number of hydrogen-bond donors (Lipinski definition) is 1.